The predicted molar refractivity (Wildman–Crippen MR) is 76.4 cm³/mol. The Labute approximate surface area is 115 Å². The van der Waals surface area contributed by atoms with Crippen molar-refractivity contribution in [3.63, 3.8) is 0 Å². The zero-order valence-corrected chi connectivity index (χ0v) is 12.5. The average Bonchev–Trinajstić information content (AvgIpc) is 2.39. The molecular formula is C16H24O3. The molecule has 0 aromatic heterocycles. The molecule has 0 aliphatic rings. The molecule has 2 atom stereocenters. The molecular weight excluding hydrogens is 240 g/mol. The van der Waals surface area contributed by atoms with Crippen LogP contribution >= 0.6 is 0 Å². The molecule has 0 spiro atoms. The minimum Gasteiger partial charge on any atom is -0.496 e. The summed E-state index contributed by atoms with van der Waals surface area (Å²) in [6, 6.07) is 7.88. The minimum absolute atomic E-state index is 0.0928. The van der Waals surface area contributed by atoms with Gasteiger partial charge in [0.15, 0.2) is 0 Å². The van der Waals surface area contributed by atoms with Gasteiger partial charge in [-0.3, -0.25) is 4.79 Å². The highest BCUT2D eigenvalue weighted by atomic mass is 16.5. The molecule has 106 valence electrons. The van der Waals surface area contributed by atoms with Crippen LogP contribution in [0.5, 0.6) is 5.75 Å². The van der Waals surface area contributed by atoms with E-state index in [1.807, 2.05) is 38.1 Å². The van der Waals surface area contributed by atoms with Crippen molar-refractivity contribution in [3.8, 4) is 5.75 Å². The second-order valence-corrected chi connectivity index (χ2v) is 5.05. The Hall–Kier alpha value is -1.51. The fourth-order valence-corrected chi connectivity index (χ4v) is 2.57. The minimum atomic E-state index is -0.184. The number of carbonyl (C=O) groups is 1. The van der Waals surface area contributed by atoms with Gasteiger partial charge in [0.25, 0.3) is 0 Å². The molecule has 2 unspecified atom stereocenters. The highest BCUT2D eigenvalue weighted by Crippen LogP contribution is 2.37. The van der Waals surface area contributed by atoms with E-state index in [0.717, 1.165) is 11.3 Å². The van der Waals surface area contributed by atoms with Gasteiger partial charge in [0, 0.05) is 5.92 Å². The van der Waals surface area contributed by atoms with Crippen LogP contribution in [0.2, 0.25) is 0 Å². The van der Waals surface area contributed by atoms with E-state index >= 15 is 0 Å². The lowest BCUT2D eigenvalue weighted by Crippen LogP contribution is -2.25. The lowest BCUT2D eigenvalue weighted by atomic mass is 9.79. The topological polar surface area (TPSA) is 35.5 Å². The first kappa shape index (κ1) is 15.5. The Morgan fingerprint density at radius 1 is 1.21 bits per heavy atom. The van der Waals surface area contributed by atoms with Crippen molar-refractivity contribution < 1.29 is 14.3 Å². The summed E-state index contributed by atoms with van der Waals surface area (Å²) in [4.78, 5) is 12.0. The molecule has 0 saturated heterocycles. The smallest absolute Gasteiger partial charge is 0.309 e. The van der Waals surface area contributed by atoms with Crippen LogP contribution in [-0.4, -0.2) is 19.7 Å². The summed E-state index contributed by atoms with van der Waals surface area (Å²) in [7, 11) is 1.66. The first-order chi connectivity index (χ1) is 9.02. The van der Waals surface area contributed by atoms with Crippen molar-refractivity contribution in [2.75, 3.05) is 13.7 Å². The molecule has 0 radical (unpaired) electrons. The molecule has 1 rings (SSSR count). The lowest BCUT2D eigenvalue weighted by molar-refractivity contribution is -0.148. The number of rotatable bonds is 6. The van der Waals surface area contributed by atoms with E-state index in [4.69, 9.17) is 9.47 Å². The van der Waals surface area contributed by atoms with Crippen LogP contribution in [0.1, 0.15) is 39.2 Å². The standard InChI is InChI=1S/C16H24O3/c1-6-19-16(17)12(4)15(11(2)3)13-9-7-8-10-14(13)18-5/h7-12,15H,6H2,1-5H3. The summed E-state index contributed by atoms with van der Waals surface area (Å²) in [6.07, 6.45) is 0. The number of methoxy groups -OCH3 is 1. The quantitative estimate of drug-likeness (QED) is 0.736. The third kappa shape index (κ3) is 3.72. The van der Waals surface area contributed by atoms with Crippen LogP contribution in [0, 0.1) is 11.8 Å². The molecule has 3 heteroatoms. The van der Waals surface area contributed by atoms with Crippen LogP contribution in [0.15, 0.2) is 24.3 Å². The van der Waals surface area contributed by atoms with Gasteiger partial charge in [-0.05, 0) is 24.5 Å². The Kier molecular flexibility index (Phi) is 5.87. The lowest BCUT2D eigenvalue weighted by Gasteiger charge is -2.27. The molecule has 0 bridgehead atoms. The first-order valence-electron chi connectivity index (χ1n) is 6.82. The highest BCUT2D eigenvalue weighted by Gasteiger charge is 2.31. The Morgan fingerprint density at radius 2 is 1.84 bits per heavy atom. The number of esters is 1. The zero-order chi connectivity index (χ0) is 14.4. The monoisotopic (exact) mass is 264 g/mol. The average molecular weight is 264 g/mol. The van der Waals surface area contributed by atoms with E-state index in [9.17, 15) is 4.79 Å². The molecule has 0 N–H and O–H groups in total. The normalized spacial score (nSPS) is 14.0. The van der Waals surface area contributed by atoms with Gasteiger partial charge in [-0.25, -0.2) is 0 Å². The maximum atomic E-state index is 12.0. The Morgan fingerprint density at radius 3 is 2.37 bits per heavy atom. The number of carbonyl (C=O) groups excluding carboxylic acids is 1. The Balaban J connectivity index is 3.10. The highest BCUT2D eigenvalue weighted by molar-refractivity contribution is 5.73. The van der Waals surface area contributed by atoms with Gasteiger partial charge in [-0.2, -0.15) is 0 Å². The van der Waals surface area contributed by atoms with Gasteiger partial charge in [-0.15, -0.1) is 0 Å². The second-order valence-electron chi connectivity index (χ2n) is 5.05. The molecule has 0 fully saturated rings. The van der Waals surface area contributed by atoms with Gasteiger partial charge < -0.3 is 9.47 Å². The van der Waals surface area contributed by atoms with Gasteiger partial charge in [0.2, 0.25) is 0 Å². The second kappa shape index (κ2) is 7.17. The number of hydrogen-bond acceptors (Lipinski definition) is 3. The number of benzene rings is 1. The van der Waals surface area contributed by atoms with E-state index in [0.29, 0.717) is 12.5 Å². The summed E-state index contributed by atoms with van der Waals surface area (Å²) < 4.78 is 10.6. The number of ether oxygens (including phenoxy) is 2. The van der Waals surface area contributed by atoms with Crippen molar-refractivity contribution in [1.29, 1.82) is 0 Å². The van der Waals surface area contributed by atoms with Crippen LogP contribution in [0.4, 0.5) is 0 Å². The van der Waals surface area contributed by atoms with Gasteiger partial charge in [0.1, 0.15) is 5.75 Å². The summed E-state index contributed by atoms with van der Waals surface area (Å²) in [5, 5.41) is 0. The maximum Gasteiger partial charge on any atom is 0.309 e. The fraction of sp³-hybridized carbons (Fsp3) is 0.562. The molecule has 0 saturated carbocycles. The first-order valence-corrected chi connectivity index (χ1v) is 6.82. The molecule has 0 heterocycles. The van der Waals surface area contributed by atoms with Crippen molar-refractivity contribution in [1.82, 2.24) is 0 Å². The predicted octanol–water partition coefficient (Wildman–Crippen LogP) is 3.63. The summed E-state index contributed by atoms with van der Waals surface area (Å²) in [6.45, 7) is 8.41. The third-order valence-electron chi connectivity index (χ3n) is 3.41. The number of para-hydroxylation sites is 1. The summed E-state index contributed by atoms with van der Waals surface area (Å²) in [5.41, 5.74) is 1.07. The van der Waals surface area contributed by atoms with E-state index in [-0.39, 0.29) is 17.8 Å². The van der Waals surface area contributed by atoms with E-state index in [1.165, 1.54) is 0 Å². The van der Waals surface area contributed by atoms with Crippen molar-refractivity contribution in [2.24, 2.45) is 11.8 Å². The van der Waals surface area contributed by atoms with Gasteiger partial charge in [0.05, 0.1) is 19.6 Å². The van der Waals surface area contributed by atoms with Crippen molar-refractivity contribution in [3.05, 3.63) is 29.8 Å². The fourth-order valence-electron chi connectivity index (χ4n) is 2.57. The molecule has 1 aromatic carbocycles. The summed E-state index contributed by atoms with van der Waals surface area (Å²) >= 11 is 0. The van der Waals surface area contributed by atoms with E-state index in [2.05, 4.69) is 13.8 Å². The van der Waals surface area contributed by atoms with E-state index in [1.54, 1.807) is 7.11 Å². The summed E-state index contributed by atoms with van der Waals surface area (Å²) in [5.74, 6) is 0.923. The molecule has 0 aliphatic heterocycles. The van der Waals surface area contributed by atoms with Crippen molar-refractivity contribution >= 4 is 5.97 Å². The van der Waals surface area contributed by atoms with Gasteiger partial charge in [-0.1, -0.05) is 39.0 Å². The molecule has 1 aromatic rings. The molecule has 0 aliphatic carbocycles. The van der Waals surface area contributed by atoms with Crippen LogP contribution in [0.25, 0.3) is 0 Å². The van der Waals surface area contributed by atoms with E-state index < -0.39 is 0 Å². The number of hydrogen-bond donors (Lipinski definition) is 0. The van der Waals surface area contributed by atoms with Crippen LogP contribution in [0.3, 0.4) is 0 Å². The largest absolute Gasteiger partial charge is 0.496 e. The van der Waals surface area contributed by atoms with Crippen LogP contribution < -0.4 is 4.74 Å². The Bertz CT molecular complexity index is 412. The SMILES string of the molecule is CCOC(=O)C(C)C(c1ccccc1OC)C(C)C. The third-order valence-corrected chi connectivity index (χ3v) is 3.41. The maximum absolute atomic E-state index is 12.0. The molecule has 0 amide bonds. The zero-order valence-electron chi connectivity index (χ0n) is 12.5. The van der Waals surface area contributed by atoms with Crippen LogP contribution in [-0.2, 0) is 9.53 Å². The van der Waals surface area contributed by atoms with Gasteiger partial charge >= 0.3 is 5.97 Å². The molecule has 3 nitrogen and oxygen atoms in total. The van der Waals surface area contributed by atoms with Crippen molar-refractivity contribution in [2.45, 2.75) is 33.6 Å². The molecule has 19 heavy (non-hydrogen) atoms.